The number of urea groups is 1. The zero-order chi connectivity index (χ0) is 15.5. The fourth-order valence-electron chi connectivity index (χ4n) is 2.03. The van der Waals surface area contributed by atoms with Gasteiger partial charge in [-0.05, 0) is 35.7 Å². The van der Waals surface area contributed by atoms with Crippen molar-refractivity contribution in [1.82, 2.24) is 10.6 Å². The Bertz CT molecular complexity index is 700. The Hall–Kier alpha value is -2.03. The van der Waals surface area contributed by atoms with E-state index in [0.717, 1.165) is 14.7 Å². The average molecular weight is 335 g/mol. The Morgan fingerprint density at radius 3 is 2.64 bits per heavy atom. The minimum atomic E-state index is -0.616. The van der Waals surface area contributed by atoms with Crippen LogP contribution in [0.3, 0.4) is 0 Å². The van der Waals surface area contributed by atoms with Crippen molar-refractivity contribution in [1.29, 1.82) is 0 Å². The van der Waals surface area contributed by atoms with Crippen LogP contribution in [-0.2, 0) is 4.79 Å². The normalized spacial score (nSPS) is 17.2. The molecule has 1 aromatic heterocycles. The van der Waals surface area contributed by atoms with E-state index in [0.29, 0.717) is 5.75 Å². The molecule has 0 radical (unpaired) electrons. The molecule has 3 rings (SSSR count). The van der Waals surface area contributed by atoms with Crippen molar-refractivity contribution >= 4 is 35.0 Å². The maximum Gasteiger partial charge on any atom is 0.322 e. The van der Waals surface area contributed by atoms with Crippen LogP contribution in [-0.4, -0.2) is 18.7 Å². The summed E-state index contributed by atoms with van der Waals surface area (Å²) in [5.74, 6) is 0.390. The fourth-order valence-corrected chi connectivity index (χ4v) is 4.11. The summed E-state index contributed by atoms with van der Waals surface area (Å²) < 4.78 is 5.20. The number of nitrogens with two attached hydrogens (primary N) is 1. The van der Waals surface area contributed by atoms with Gasteiger partial charge in [0.05, 0.1) is 4.88 Å². The summed E-state index contributed by atoms with van der Waals surface area (Å²) >= 11 is 2.98. The molecule has 1 aromatic carbocycles. The lowest BCUT2D eigenvalue weighted by atomic mass is 10.2. The summed E-state index contributed by atoms with van der Waals surface area (Å²) in [7, 11) is 0. The Kier molecular flexibility index (Phi) is 4.32. The molecule has 2 aromatic rings. The van der Waals surface area contributed by atoms with E-state index in [1.165, 1.54) is 23.1 Å². The van der Waals surface area contributed by atoms with Gasteiger partial charge in [-0.3, -0.25) is 15.8 Å². The molecule has 22 heavy (non-hydrogen) atoms. The first-order chi connectivity index (χ1) is 10.7. The topological polar surface area (TPSA) is 93.4 Å². The number of hydrogen-bond donors (Lipinski definition) is 3. The SMILES string of the molecule is NCOc1ccc(Sc2ccsc2C2NC(=O)NC2=O)cc1. The van der Waals surface area contributed by atoms with Gasteiger partial charge in [0, 0.05) is 9.79 Å². The van der Waals surface area contributed by atoms with Crippen LogP contribution in [0, 0.1) is 0 Å². The summed E-state index contributed by atoms with van der Waals surface area (Å²) in [4.78, 5) is 25.8. The van der Waals surface area contributed by atoms with Gasteiger partial charge in [0.15, 0.2) is 0 Å². The van der Waals surface area contributed by atoms with Crippen molar-refractivity contribution in [2.24, 2.45) is 5.73 Å². The maximum atomic E-state index is 11.8. The summed E-state index contributed by atoms with van der Waals surface area (Å²) in [6.07, 6.45) is 0. The quantitative estimate of drug-likeness (QED) is 0.574. The number of carbonyl (C=O) groups excluding carboxylic acids is 2. The van der Waals surface area contributed by atoms with Crippen molar-refractivity contribution in [3.63, 3.8) is 0 Å². The molecule has 1 saturated heterocycles. The Morgan fingerprint density at radius 2 is 2.00 bits per heavy atom. The Balaban J connectivity index is 1.77. The lowest BCUT2D eigenvalue weighted by molar-refractivity contribution is -0.120. The third-order valence-electron chi connectivity index (χ3n) is 3.00. The fraction of sp³-hybridized carbons (Fsp3) is 0.143. The van der Waals surface area contributed by atoms with E-state index in [4.69, 9.17) is 10.5 Å². The lowest BCUT2D eigenvalue weighted by Crippen LogP contribution is -2.22. The first kappa shape index (κ1) is 14.9. The molecule has 3 amide bonds. The third kappa shape index (κ3) is 3.08. The van der Waals surface area contributed by atoms with E-state index in [1.807, 2.05) is 35.7 Å². The van der Waals surface area contributed by atoms with Crippen molar-refractivity contribution in [3.05, 3.63) is 40.6 Å². The second-order valence-corrected chi connectivity index (χ2v) is 6.49. The number of rotatable bonds is 5. The van der Waals surface area contributed by atoms with Gasteiger partial charge in [-0.2, -0.15) is 0 Å². The Labute approximate surface area is 135 Å². The van der Waals surface area contributed by atoms with Gasteiger partial charge in [0.1, 0.15) is 18.5 Å². The number of carbonyl (C=O) groups is 2. The molecular weight excluding hydrogens is 322 g/mol. The molecule has 114 valence electrons. The van der Waals surface area contributed by atoms with Crippen molar-refractivity contribution in [3.8, 4) is 5.75 Å². The van der Waals surface area contributed by atoms with Crippen molar-refractivity contribution in [2.45, 2.75) is 15.8 Å². The van der Waals surface area contributed by atoms with Gasteiger partial charge in [0.2, 0.25) is 0 Å². The number of thiophene rings is 1. The highest BCUT2D eigenvalue weighted by atomic mass is 32.2. The molecule has 1 fully saturated rings. The molecule has 1 aliphatic heterocycles. The third-order valence-corrected chi connectivity index (χ3v) is 5.19. The van der Waals surface area contributed by atoms with Gasteiger partial charge in [-0.25, -0.2) is 4.79 Å². The minimum Gasteiger partial charge on any atom is -0.479 e. The van der Waals surface area contributed by atoms with Crippen molar-refractivity contribution < 1.29 is 14.3 Å². The zero-order valence-corrected chi connectivity index (χ0v) is 13.0. The highest BCUT2D eigenvalue weighted by molar-refractivity contribution is 7.99. The largest absolute Gasteiger partial charge is 0.479 e. The van der Waals surface area contributed by atoms with Crippen LogP contribution < -0.4 is 21.1 Å². The molecule has 0 aliphatic carbocycles. The van der Waals surface area contributed by atoms with Crippen LogP contribution in [0.1, 0.15) is 10.9 Å². The summed E-state index contributed by atoms with van der Waals surface area (Å²) in [5.41, 5.74) is 5.32. The van der Waals surface area contributed by atoms with E-state index in [-0.39, 0.29) is 12.6 Å². The van der Waals surface area contributed by atoms with E-state index < -0.39 is 12.1 Å². The number of imide groups is 1. The first-order valence-corrected chi connectivity index (χ1v) is 8.16. The predicted octanol–water partition coefficient (Wildman–Crippen LogP) is 2.07. The van der Waals surface area contributed by atoms with Gasteiger partial charge in [0.25, 0.3) is 5.91 Å². The molecule has 0 bridgehead atoms. The molecule has 4 N–H and O–H groups in total. The number of amides is 3. The van der Waals surface area contributed by atoms with E-state index >= 15 is 0 Å². The second-order valence-electron chi connectivity index (χ2n) is 4.43. The summed E-state index contributed by atoms with van der Waals surface area (Å²) in [5, 5.41) is 6.77. The van der Waals surface area contributed by atoms with Crippen LogP contribution in [0.15, 0.2) is 45.5 Å². The molecule has 0 spiro atoms. The summed E-state index contributed by atoms with van der Waals surface area (Å²) in [6.45, 7) is 0.137. The standard InChI is InChI=1S/C14H13N3O3S2/c15-7-20-8-1-3-9(4-2-8)22-10-5-6-21-12(10)11-13(18)17-14(19)16-11/h1-6,11H,7,15H2,(H2,16,17,18,19). The molecule has 1 aliphatic rings. The number of nitrogens with one attached hydrogen (secondary N) is 2. The van der Waals surface area contributed by atoms with Gasteiger partial charge >= 0.3 is 6.03 Å². The highest BCUT2D eigenvalue weighted by Crippen LogP contribution is 2.38. The molecule has 1 atom stereocenters. The van der Waals surface area contributed by atoms with Crippen LogP contribution in [0.25, 0.3) is 0 Å². The lowest BCUT2D eigenvalue weighted by Gasteiger charge is -2.09. The van der Waals surface area contributed by atoms with Crippen LogP contribution in [0.5, 0.6) is 5.75 Å². The monoisotopic (exact) mass is 335 g/mol. The van der Waals surface area contributed by atoms with Crippen LogP contribution >= 0.6 is 23.1 Å². The molecule has 2 heterocycles. The van der Waals surface area contributed by atoms with Gasteiger partial charge in [-0.1, -0.05) is 11.8 Å². The van der Waals surface area contributed by atoms with Gasteiger partial charge < -0.3 is 10.1 Å². The molecule has 8 heteroatoms. The van der Waals surface area contributed by atoms with E-state index in [2.05, 4.69) is 10.6 Å². The average Bonchev–Trinajstić information content (AvgIpc) is 3.07. The first-order valence-electron chi connectivity index (χ1n) is 6.47. The van der Waals surface area contributed by atoms with Gasteiger partial charge in [-0.15, -0.1) is 11.3 Å². The molecule has 6 nitrogen and oxygen atoms in total. The summed E-state index contributed by atoms with van der Waals surface area (Å²) in [6, 6.07) is 8.38. The molecule has 1 unspecified atom stereocenters. The smallest absolute Gasteiger partial charge is 0.322 e. The van der Waals surface area contributed by atoms with E-state index in [1.54, 1.807) is 0 Å². The maximum absolute atomic E-state index is 11.8. The number of hydrogen-bond acceptors (Lipinski definition) is 6. The van der Waals surface area contributed by atoms with Crippen LogP contribution in [0.4, 0.5) is 4.79 Å². The molecule has 0 saturated carbocycles. The number of benzene rings is 1. The van der Waals surface area contributed by atoms with Crippen molar-refractivity contribution in [2.75, 3.05) is 6.73 Å². The van der Waals surface area contributed by atoms with Crippen LogP contribution in [0.2, 0.25) is 0 Å². The minimum absolute atomic E-state index is 0.137. The van der Waals surface area contributed by atoms with E-state index in [9.17, 15) is 9.59 Å². The molecular formula is C14H13N3O3S2. The predicted molar refractivity (Wildman–Crippen MR) is 84.0 cm³/mol. The second kappa shape index (κ2) is 6.39. The number of ether oxygens (including phenoxy) is 1. The Morgan fingerprint density at radius 1 is 1.23 bits per heavy atom. The highest BCUT2D eigenvalue weighted by Gasteiger charge is 2.33. The zero-order valence-electron chi connectivity index (χ0n) is 11.4.